The molecule has 1 fully saturated rings. The molecule has 148 valence electrons. The molecule has 3 rings (SSSR count). The highest BCUT2D eigenvalue weighted by atomic mass is 16.2. The maximum Gasteiger partial charge on any atom is 0.228 e. The van der Waals surface area contributed by atoms with Crippen molar-refractivity contribution in [3.05, 3.63) is 59.6 Å². The zero-order valence-electron chi connectivity index (χ0n) is 17.6. The second-order valence-electron chi connectivity index (χ2n) is 8.26. The molecule has 0 aliphatic carbocycles. The van der Waals surface area contributed by atoms with Crippen LogP contribution in [0.25, 0.3) is 5.57 Å². The van der Waals surface area contributed by atoms with Crippen LogP contribution in [0.3, 0.4) is 0 Å². The number of aryl methyl sites for hydroxylation is 1. The summed E-state index contributed by atoms with van der Waals surface area (Å²) >= 11 is 0. The first-order valence-electron chi connectivity index (χ1n) is 9.91. The van der Waals surface area contributed by atoms with Crippen molar-refractivity contribution in [1.82, 2.24) is 14.9 Å². The SMILES string of the molecule is C/C=C(/c1ccccc1)c1c(C)ncnc1N1CCN(C(=O)C(C)(C)C)CC1. The van der Waals surface area contributed by atoms with Crippen molar-refractivity contribution in [2.24, 2.45) is 5.41 Å². The summed E-state index contributed by atoms with van der Waals surface area (Å²) in [6, 6.07) is 10.4. The predicted molar refractivity (Wildman–Crippen MR) is 114 cm³/mol. The first-order valence-corrected chi connectivity index (χ1v) is 9.91. The topological polar surface area (TPSA) is 49.3 Å². The summed E-state index contributed by atoms with van der Waals surface area (Å²) in [5.74, 6) is 1.16. The fourth-order valence-electron chi connectivity index (χ4n) is 3.68. The Bertz CT molecular complexity index is 860. The second-order valence-corrected chi connectivity index (χ2v) is 8.26. The van der Waals surface area contributed by atoms with Gasteiger partial charge in [-0.25, -0.2) is 9.97 Å². The van der Waals surface area contributed by atoms with Crippen LogP contribution in [0, 0.1) is 12.3 Å². The number of amides is 1. The molecule has 0 radical (unpaired) electrons. The van der Waals surface area contributed by atoms with Crippen molar-refractivity contribution in [2.75, 3.05) is 31.1 Å². The number of allylic oxidation sites excluding steroid dienone is 1. The Morgan fingerprint density at radius 3 is 2.25 bits per heavy atom. The van der Waals surface area contributed by atoms with Gasteiger partial charge in [0.15, 0.2) is 0 Å². The number of piperazine rings is 1. The maximum atomic E-state index is 12.6. The summed E-state index contributed by atoms with van der Waals surface area (Å²) in [6.45, 7) is 13.0. The first-order chi connectivity index (χ1) is 13.3. The Kier molecular flexibility index (Phi) is 5.82. The molecule has 1 amide bonds. The predicted octanol–water partition coefficient (Wildman–Crippen LogP) is 3.93. The number of benzene rings is 1. The Labute approximate surface area is 168 Å². The largest absolute Gasteiger partial charge is 0.352 e. The van der Waals surface area contributed by atoms with E-state index in [1.54, 1.807) is 6.33 Å². The highest BCUT2D eigenvalue weighted by Gasteiger charge is 2.31. The number of nitrogens with zero attached hydrogens (tertiary/aromatic N) is 4. The van der Waals surface area contributed by atoms with E-state index < -0.39 is 0 Å². The quantitative estimate of drug-likeness (QED) is 0.812. The second kappa shape index (κ2) is 8.13. The minimum Gasteiger partial charge on any atom is -0.352 e. The zero-order valence-corrected chi connectivity index (χ0v) is 17.6. The van der Waals surface area contributed by atoms with Gasteiger partial charge in [0.2, 0.25) is 5.91 Å². The van der Waals surface area contributed by atoms with E-state index in [1.807, 2.05) is 38.7 Å². The minimum absolute atomic E-state index is 0.213. The third-order valence-corrected chi connectivity index (χ3v) is 5.17. The molecule has 0 N–H and O–H groups in total. The molecule has 0 spiro atoms. The summed E-state index contributed by atoms with van der Waals surface area (Å²) in [7, 11) is 0. The van der Waals surface area contributed by atoms with Gasteiger partial charge in [0, 0.05) is 37.2 Å². The van der Waals surface area contributed by atoms with E-state index in [-0.39, 0.29) is 11.3 Å². The lowest BCUT2D eigenvalue weighted by molar-refractivity contribution is -0.139. The van der Waals surface area contributed by atoms with Crippen LogP contribution in [0.5, 0.6) is 0 Å². The molecule has 1 aromatic carbocycles. The van der Waals surface area contributed by atoms with E-state index >= 15 is 0 Å². The molecule has 0 unspecified atom stereocenters. The van der Waals surface area contributed by atoms with E-state index in [2.05, 4.69) is 52.1 Å². The van der Waals surface area contributed by atoms with Crippen molar-refractivity contribution in [2.45, 2.75) is 34.6 Å². The van der Waals surface area contributed by atoms with Gasteiger partial charge >= 0.3 is 0 Å². The molecule has 1 aliphatic rings. The molecule has 2 heterocycles. The van der Waals surface area contributed by atoms with Crippen molar-refractivity contribution in [1.29, 1.82) is 0 Å². The van der Waals surface area contributed by atoms with E-state index in [0.29, 0.717) is 0 Å². The number of rotatable bonds is 3. The van der Waals surface area contributed by atoms with Crippen molar-refractivity contribution in [3.63, 3.8) is 0 Å². The summed E-state index contributed by atoms with van der Waals surface area (Å²) in [5.41, 5.74) is 4.00. The van der Waals surface area contributed by atoms with Gasteiger partial charge < -0.3 is 9.80 Å². The van der Waals surface area contributed by atoms with E-state index in [1.165, 1.54) is 0 Å². The number of anilines is 1. The molecule has 5 nitrogen and oxygen atoms in total. The summed E-state index contributed by atoms with van der Waals surface area (Å²) in [5, 5.41) is 0. The Morgan fingerprint density at radius 1 is 1.04 bits per heavy atom. The number of hydrogen-bond acceptors (Lipinski definition) is 4. The number of aromatic nitrogens is 2. The minimum atomic E-state index is -0.343. The van der Waals surface area contributed by atoms with Gasteiger partial charge in [0.25, 0.3) is 0 Å². The number of carbonyl (C=O) groups is 1. The van der Waals surface area contributed by atoms with Crippen LogP contribution in [-0.2, 0) is 4.79 Å². The molecule has 0 saturated carbocycles. The van der Waals surface area contributed by atoms with Gasteiger partial charge in [-0.2, -0.15) is 0 Å². The lowest BCUT2D eigenvalue weighted by atomic mass is 9.94. The Balaban J connectivity index is 1.89. The van der Waals surface area contributed by atoms with E-state index in [9.17, 15) is 4.79 Å². The highest BCUT2D eigenvalue weighted by molar-refractivity contribution is 5.86. The third-order valence-electron chi connectivity index (χ3n) is 5.17. The molecule has 1 saturated heterocycles. The Morgan fingerprint density at radius 2 is 1.68 bits per heavy atom. The monoisotopic (exact) mass is 378 g/mol. The summed E-state index contributed by atoms with van der Waals surface area (Å²) in [4.78, 5) is 26.0. The summed E-state index contributed by atoms with van der Waals surface area (Å²) < 4.78 is 0. The fourth-order valence-corrected chi connectivity index (χ4v) is 3.68. The lowest BCUT2D eigenvalue weighted by Gasteiger charge is -2.39. The van der Waals surface area contributed by atoms with Crippen molar-refractivity contribution >= 4 is 17.3 Å². The van der Waals surface area contributed by atoms with Crippen molar-refractivity contribution in [3.8, 4) is 0 Å². The van der Waals surface area contributed by atoms with Crippen LogP contribution in [0.4, 0.5) is 5.82 Å². The fraction of sp³-hybridized carbons (Fsp3) is 0.435. The van der Waals surface area contributed by atoms with Crippen LogP contribution in [0.15, 0.2) is 42.7 Å². The summed E-state index contributed by atoms with van der Waals surface area (Å²) in [6.07, 6.45) is 3.77. The first kappa shape index (κ1) is 20.1. The molecular formula is C23H30N4O. The molecule has 0 atom stereocenters. The molecule has 5 heteroatoms. The molecular weight excluding hydrogens is 348 g/mol. The molecule has 1 aromatic heterocycles. The average Bonchev–Trinajstić information content (AvgIpc) is 2.69. The smallest absolute Gasteiger partial charge is 0.228 e. The standard InChI is InChI=1S/C23H30N4O/c1-6-19(18-10-8-7-9-11-18)20-17(2)24-16-25-21(20)26-12-14-27(15-13-26)22(28)23(3,4)5/h6-11,16H,12-15H2,1-5H3/b19-6-. The molecule has 0 bridgehead atoms. The van der Waals surface area contributed by atoms with Crippen LogP contribution in [0.1, 0.15) is 44.5 Å². The van der Waals surface area contributed by atoms with Gasteiger partial charge in [-0.15, -0.1) is 0 Å². The highest BCUT2D eigenvalue weighted by Crippen LogP contribution is 2.32. The zero-order chi connectivity index (χ0) is 20.3. The average molecular weight is 379 g/mol. The van der Waals surface area contributed by atoms with Gasteiger partial charge in [0.05, 0.1) is 5.69 Å². The lowest BCUT2D eigenvalue weighted by Crippen LogP contribution is -2.52. The Hall–Kier alpha value is -2.69. The van der Waals surface area contributed by atoms with Crippen LogP contribution in [-0.4, -0.2) is 47.0 Å². The normalized spacial score (nSPS) is 15.7. The van der Waals surface area contributed by atoms with Gasteiger partial charge in [-0.1, -0.05) is 57.2 Å². The third kappa shape index (κ3) is 4.08. The number of hydrogen-bond donors (Lipinski definition) is 0. The van der Waals surface area contributed by atoms with Crippen LogP contribution in [0.2, 0.25) is 0 Å². The van der Waals surface area contributed by atoms with Gasteiger partial charge in [0.1, 0.15) is 12.1 Å². The molecule has 2 aromatic rings. The van der Waals surface area contributed by atoms with Gasteiger partial charge in [-0.3, -0.25) is 4.79 Å². The van der Waals surface area contributed by atoms with Crippen LogP contribution < -0.4 is 4.90 Å². The van der Waals surface area contributed by atoms with E-state index in [4.69, 9.17) is 0 Å². The van der Waals surface area contributed by atoms with Crippen LogP contribution >= 0.6 is 0 Å². The molecule has 28 heavy (non-hydrogen) atoms. The number of carbonyl (C=O) groups excluding carboxylic acids is 1. The molecule has 1 aliphatic heterocycles. The van der Waals surface area contributed by atoms with Gasteiger partial charge in [-0.05, 0) is 25.0 Å². The maximum absolute atomic E-state index is 12.6. The van der Waals surface area contributed by atoms with Crippen molar-refractivity contribution < 1.29 is 4.79 Å². The van der Waals surface area contributed by atoms with E-state index in [0.717, 1.165) is 54.4 Å².